The molecule has 1 atom stereocenters. The molecule has 0 bridgehead atoms. The summed E-state index contributed by atoms with van der Waals surface area (Å²) in [5.74, 6) is 0. The Kier molecular flexibility index (Phi) is 4.34. The second kappa shape index (κ2) is 5.47. The third-order valence-corrected chi connectivity index (χ3v) is 6.12. The Labute approximate surface area is 111 Å². The zero-order chi connectivity index (χ0) is 13.3. The van der Waals surface area contributed by atoms with E-state index in [1.165, 1.54) is 19.1 Å². The molecule has 2 rings (SSSR count). The second-order valence-corrected chi connectivity index (χ2v) is 8.42. The van der Waals surface area contributed by atoms with Crippen molar-refractivity contribution in [2.45, 2.75) is 50.4 Å². The molecule has 0 aromatic heterocycles. The van der Waals surface area contributed by atoms with E-state index >= 15 is 0 Å². The number of hydrogen-bond donors (Lipinski definition) is 0. The van der Waals surface area contributed by atoms with Crippen LogP contribution in [0.1, 0.15) is 33.1 Å². The predicted octanol–water partition coefficient (Wildman–Crippen LogP) is 0.978. The number of piperidine rings is 1. The molecule has 0 spiro atoms. The molecule has 5 heteroatoms. The summed E-state index contributed by atoms with van der Waals surface area (Å²) < 4.78 is 23.1. The van der Waals surface area contributed by atoms with Gasteiger partial charge in [-0.3, -0.25) is 4.90 Å². The molecule has 0 N–H and O–H groups in total. The van der Waals surface area contributed by atoms with Crippen molar-refractivity contribution < 1.29 is 8.42 Å². The molecule has 0 saturated carbocycles. The summed E-state index contributed by atoms with van der Waals surface area (Å²) in [5.41, 5.74) is 0. The maximum Gasteiger partial charge on any atom is 0.151 e. The molecule has 0 amide bonds. The van der Waals surface area contributed by atoms with Crippen LogP contribution in [-0.2, 0) is 9.84 Å². The third kappa shape index (κ3) is 3.25. The zero-order valence-electron chi connectivity index (χ0n) is 11.8. The maximum atomic E-state index is 11.6. The second-order valence-electron chi connectivity index (χ2n) is 6.10. The van der Waals surface area contributed by atoms with Crippen molar-refractivity contribution in [1.29, 1.82) is 0 Å². The summed E-state index contributed by atoms with van der Waals surface area (Å²) in [6.45, 7) is 8.52. The van der Waals surface area contributed by atoms with Gasteiger partial charge in [0, 0.05) is 24.9 Å². The SMILES string of the molecule is CC(C)N1CCC(N2CCC(S(C)(=O)=O)C2)CC1. The van der Waals surface area contributed by atoms with Crippen LogP contribution in [0, 0.1) is 0 Å². The van der Waals surface area contributed by atoms with Crippen LogP contribution >= 0.6 is 0 Å². The van der Waals surface area contributed by atoms with Gasteiger partial charge in [-0.1, -0.05) is 0 Å². The van der Waals surface area contributed by atoms with Gasteiger partial charge in [-0.25, -0.2) is 8.42 Å². The van der Waals surface area contributed by atoms with E-state index in [-0.39, 0.29) is 5.25 Å². The lowest BCUT2D eigenvalue weighted by Crippen LogP contribution is -2.46. The molecular formula is C13H26N2O2S. The van der Waals surface area contributed by atoms with Crippen molar-refractivity contribution in [1.82, 2.24) is 9.80 Å². The number of hydrogen-bond acceptors (Lipinski definition) is 4. The quantitative estimate of drug-likeness (QED) is 0.769. The highest BCUT2D eigenvalue weighted by Crippen LogP contribution is 2.24. The lowest BCUT2D eigenvalue weighted by atomic mass is 10.0. The average molecular weight is 274 g/mol. The van der Waals surface area contributed by atoms with Crippen LogP contribution in [0.3, 0.4) is 0 Å². The Morgan fingerprint density at radius 1 is 1.06 bits per heavy atom. The van der Waals surface area contributed by atoms with E-state index in [4.69, 9.17) is 0 Å². The summed E-state index contributed by atoms with van der Waals surface area (Å²) in [6.07, 6.45) is 4.58. The van der Waals surface area contributed by atoms with Crippen LogP contribution < -0.4 is 0 Å². The summed E-state index contributed by atoms with van der Waals surface area (Å²) in [7, 11) is -2.85. The van der Waals surface area contributed by atoms with E-state index in [9.17, 15) is 8.42 Å². The smallest absolute Gasteiger partial charge is 0.151 e. The van der Waals surface area contributed by atoms with Crippen LogP contribution in [0.15, 0.2) is 0 Å². The lowest BCUT2D eigenvalue weighted by molar-refractivity contribution is 0.107. The first kappa shape index (κ1) is 14.3. The number of rotatable bonds is 3. The Morgan fingerprint density at radius 3 is 2.11 bits per heavy atom. The Hall–Kier alpha value is -0.130. The Balaban J connectivity index is 1.85. The summed E-state index contributed by atoms with van der Waals surface area (Å²) in [4.78, 5) is 4.92. The highest BCUT2D eigenvalue weighted by atomic mass is 32.2. The van der Waals surface area contributed by atoms with Crippen molar-refractivity contribution in [3.8, 4) is 0 Å². The molecule has 4 nitrogen and oxygen atoms in total. The average Bonchev–Trinajstić information content (AvgIpc) is 2.78. The zero-order valence-corrected chi connectivity index (χ0v) is 12.6. The Morgan fingerprint density at radius 2 is 1.67 bits per heavy atom. The topological polar surface area (TPSA) is 40.6 Å². The molecule has 2 saturated heterocycles. The van der Waals surface area contributed by atoms with Gasteiger partial charge in [0.1, 0.15) is 0 Å². The standard InChI is InChI=1S/C13H26N2O2S/c1-11(2)14-7-4-12(5-8-14)15-9-6-13(10-15)18(3,16)17/h11-13H,4-10H2,1-3H3. The van der Waals surface area contributed by atoms with Gasteiger partial charge in [0.05, 0.1) is 5.25 Å². The normalized spacial score (nSPS) is 29.2. The highest BCUT2D eigenvalue weighted by molar-refractivity contribution is 7.91. The van der Waals surface area contributed by atoms with Gasteiger partial charge >= 0.3 is 0 Å². The van der Waals surface area contributed by atoms with Crippen LogP contribution in [0.2, 0.25) is 0 Å². The van der Waals surface area contributed by atoms with E-state index in [2.05, 4.69) is 23.6 Å². The highest BCUT2D eigenvalue weighted by Gasteiger charge is 2.34. The van der Waals surface area contributed by atoms with E-state index in [1.807, 2.05) is 0 Å². The van der Waals surface area contributed by atoms with Crippen molar-refractivity contribution in [2.24, 2.45) is 0 Å². The van der Waals surface area contributed by atoms with Crippen LogP contribution in [0.4, 0.5) is 0 Å². The predicted molar refractivity (Wildman–Crippen MR) is 74.6 cm³/mol. The summed E-state index contributed by atoms with van der Waals surface area (Å²) >= 11 is 0. The van der Waals surface area contributed by atoms with Crippen molar-refractivity contribution in [2.75, 3.05) is 32.4 Å². The van der Waals surface area contributed by atoms with E-state index in [1.54, 1.807) is 0 Å². The fraction of sp³-hybridized carbons (Fsp3) is 1.00. The monoisotopic (exact) mass is 274 g/mol. The lowest BCUT2D eigenvalue weighted by Gasteiger charge is -2.38. The van der Waals surface area contributed by atoms with Gasteiger partial charge < -0.3 is 4.90 Å². The summed E-state index contributed by atoms with van der Waals surface area (Å²) in [6, 6.07) is 1.24. The number of likely N-dealkylation sites (tertiary alicyclic amines) is 2. The molecule has 2 fully saturated rings. The van der Waals surface area contributed by atoms with Gasteiger partial charge in [-0.15, -0.1) is 0 Å². The molecular weight excluding hydrogens is 248 g/mol. The van der Waals surface area contributed by atoms with Crippen molar-refractivity contribution in [3.05, 3.63) is 0 Å². The minimum Gasteiger partial charge on any atom is -0.301 e. The van der Waals surface area contributed by atoms with Crippen molar-refractivity contribution >= 4 is 9.84 Å². The van der Waals surface area contributed by atoms with Crippen LogP contribution in [0.5, 0.6) is 0 Å². The van der Waals surface area contributed by atoms with E-state index in [0.717, 1.165) is 32.6 Å². The molecule has 0 aromatic rings. The van der Waals surface area contributed by atoms with Gasteiger partial charge in [0.2, 0.25) is 0 Å². The molecule has 106 valence electrons. The number of sulfone groups is 1. The van der Waals surface area contributed by atoms with Gasteiger partial charge in [-0.05, 0) is 52.7 Å². The van der Waals surface area contributed by atoms with Gasteiger partial charge in [-0.2, -0.15) is 0 Å². The molecule has 2 heterocycles. The van der Waals surface area contributed by atoms with E-state index in [0.29, 0.717) is 12.1 Å². The van der Waals surface area contributed by atoms with Gasteiger partial charge in [0.25, 0.3) is 0 Å². The fourth-order valence-corrected chi connectivity index (χ4v) is 4.20. The van der Waals surface area contributed by atoms with Crippen molar-refractivity contribution in [3.63, 3.8) is 0 Å². The fourth-order valence-electron chi connectivity index (χ4n) is 3.20. The molecule has 0 radical (unpaired) electrons. The minimum absolute atomic E-state index is 0.124. The molecule has 2 aliphatic rings. The summed E-state index contributed by atoms with van der Waals surface area (Å²) in [5, 5.41) is -0.124. The first-order valence-electron chi connectivity index (χ1n) is 7.05. The molecule has 18 heavy (non-hydrogen) atoms. The first-order chi connectivity index (χ1) is 8.38. The molecule has 0 aliphatic carbocycles. The number of nitrogens with zero attached hydrogens (tertiary/aromatic N) is 2. The molecule has 0 aromatic carbocycles. The maximum absolute atomic E-state index is 11.6. The molecule has 1 unspecified atom stereocenters. The van der Waals surface area contributed by atoms with Crippen LogP contribution in [-0.4, -0.2) is 68.0 Å². The van der Waals surface area contributed by atoms with Crippen LogP contribution in [0.25, 0.3) is 0 Å². The van der Waals surface area contributed by atoms with E-state index < -0.39 is 9.84 Å². The largest absolute Gasteiger partial charge is 0.301 e. The minimum atomic E-state index is -2.85. The molecule has 2 aliphatic heterocycles. The third-order valence-electron chi connectivity index (χ3n) is 4.53. The Bertz CT molecular complexity index is 372. The van der Waals surface area contributed by atoms with Gasteiger partial charge in [0.15, 0.2) is 9.84 Å². The first-order valence-corrected chi connectivity index (χ1v) is 9.00.